The van der Waals surface area contributed by atoms with Crippen molar-refractivity contribution in [3.8, 4) is 0 Å². The lowest BCUT2D eigenvalue weighted by Gasteiger charge is -2.26. The highest BCUT2D eigenvalue weighted by Crippen LogP contribution is 2.15. The normalized spacial score (nSPS) is 11.1. The van der Waals surface area contributed by atoms with E-state index >= 15 is 0 Å². The topological polar surface area (TPSA) is 77.8 Å². The van der Waals surface area contributed by atoms with Crippen molar-refractivity contribution < 1.29 is 41.8 Å². The molecule has 0 aromatic heterocycles. The van der Waals surface area contributed by atoms with Gasteiger partial charge < -0.3 is 10.2 Å². The molecule has 0 fully saturated rings. The van der Waals surface area contributed by atoms with Crippen LogP contribution in [0.4, 0.5) is 22.0 Å². The molecular formula is C16H18F5NO4. The predicted octanol–water partition coefficient (Wildman–Crippen LogP) is 3.45. The Kier molecular flexibility index (Phi) is 8.91. The molecule has 0 saturated carbocycles. The van der Waals surface area contributed by atoms with Crippen LogP contribution in [-0.2, 0) is 16.1 Å². The summed E-state index contributed by atoms with van der Waals surface area (Å²) in [5, 5.41) is 15.9. The van der Waals surface area contributed by atoms with Crippen LogP contribution in [0.2, 0.25) is 0 Å². The van der Waals surface area contributed by atoms with Gasteiger partial charge >= 0.3 is 18.1 Å². The fraction of sp³-hybridized carbons (Fsp3) is 0.375. The van der Waals surface area contributed by atoms with Crippen LogP contribution in [-0.4, -0.2) is 45.8 Å². The first-order valence-corrected chi connectivity index (χ1v) is 7.14. The third kappa shape index (κ3) is 8.56. The minimum absolute atomic E-state index is 0.0144. The maximum Gasteiger partial charge on any atom is 0.490 e. The second-order valence-corrected chi connectivity index (χ2v) is 5.45. The first-order valence-electron chi connectivity index (χ1n) is 7.14. The molecule has 0 aliphatic carbocycles. The molecule has 0 atom stereocenters. The molecule has 5 nitrogen and oxygen atoms in total. The van der Waals surface area contributed by atoms with Gasteiger partial charge in [-0.2, -0.15) is 13.2 Å². The molecule has 0 unspecified atom stereocenters. The molecule has 0 aliphatic rings. The van der Waals surface area contributed by atoms with E-state index in [-0.39, 0.29) is 24.7 Å². The molecule has 146 valence electrons. The Morgan fingerprint density at radius 2 is 1.69 bits per heavy atom. The summed E-state index contributed by atoms with van der Waals surface area (Å²) < 4.78 is 58.1. The Hall–Kier alpha value is -2.49. The Balaban J connectivity index is 0.000000758. The predicted molar refractivity (Wildman–Crippen MR) is 82.4 cm³/mol. The zero-order valence-electron chi connectivity index (χ0n) is 14.0. The fourth-order valence-corrected chi connectivity index (χ4v) is 1.60. The van der Waals surface area contributed by atoms with Crippen LogP contribution in [0.1, 0.15) is 19.4 Å². The first kappa shape index (κ1) is 23.5. The molecule has 1 aromatic rings. The van der Waals surface area contributed by atoms with Gasteiger partial charge in [-0.25, -0.2) is 18.4 Å². The summed E-state index contributed by atoms with van der Waals surface area (Å²) in [4.78, 5) is 21.4. The van der Waals surface area contributed by atoms with E-state index in [0.717, 1.165) is 6.07 Å². The van der Waals surface area contributed by atoms with E-state index in [0.29, 0.717) is 5.56 Å². The van der Waals surface area contributed by atoms with Gasteiger partial charge in [0.15, 0.2) is 0 Å². The Morgan fingerprint density at radius 3 is 2.04 bits per heavy atom. The summed E-state index contributed by atoms with van der Waals surface area (Å²) in [6, 6.07) is 3.38. The van der Waals surface area contributed by atoms with E-state index in [1.165, 1.54) is 12.1 Å². The van der Waals surface area contributed by atoms with Gasteiger partial charge in [0, 0.05) is 36.3 Å². The molecule has 0 spiro atoms. The van der Waals surface area contributed by atoms with Crippen molar-refractivity contribution in [1.29, 1.82) is 0 Å². The molecule has 0 radical (unpaired) electrons. The van der Waals surface area contributed by atoms with Gasteiger partial charge in [-0.3, -0.25) is 4.90 Å². The van der Waals surface area contributed by atoms with E-state index in [1.807, 2.05) is 13.8 Å². The molecule has 0 amide bonds. The lowest BCUT2D eigenvalue weighted by atomic mass is 10.1. The molecule has 2 N–H and O–H groups in total. The average Bonchev–Trinajstić information content (AvgIpc) is 2.48. The van der Waals surface area contributed by atoms with Crippen molar-refractivity contribution in [2.75, 3.05) is 6.54 Å². The van der Waals surface area contributed by atoms with Gasteiger partial charge in [0.05, 0.1) is 0 Å². The highest BCUT2D eigenvalue weighted by atomic mass is 19.4. The highest BCUT2D eigenvalue weighted by molar-refractivity contribution is 5.86. The van der Waals surface area contributed by atoms with Crippen LogP contribution in [0, 0.1) is 11.6 Å². The van der Waals surface area contributed by atoms with Crippen molar-refractivity contribution >= 4 is 11.9 Å². The Bertz CT molecular complexity index is 659. The van der Waals surface area contributed by atoms with Crippen LogP contribution in [0.25, 0.3) is 0 Å². The lowest BCUT2D eigenvalue weighted by Crippen LogP contribution is -2.33. The minimum atomic E-state index is -5.08. The third-order valence-corrected chi connectivity index (χ3v) is 3.06. The van der Waals surface area contributed by atoms with Crippen molar-refractivity contribution in [3.05, 3.63) is 47.5 Å². The van der Waals surface area contributed by atoms with Crippen molar-refractivity contribution in [2.45, 2.75) is 32.6 Å². The number of carbonyl (C=O) groups is 2. The number of hydrogen-bond acceptors (Lipinski definition) is 3. The van der Waals surface area contributed by atoms with Gasteiger partial charge in [0.25, 0.3) is 0 Å². The number of nitrogens with zero attached hydrogens (tertiary/aromatic N) is 1. The van der Waals surface area contributed by atoms with Crippen LogP contribution >= 0.6 is 0 Å². The fourth-order valence-electron chi connectivity index (χ4n) is 1.60. The number of carboxylic acid groups (broad SMARTS) is 2. The molecule has 1 rings (SSSR count). The molecular weight excluding hydrogens is 365 g/mol. The number of aliphatic carboxylic acids is 2. The SMILES string of the molecule is C=C(CN(Cc1ccc(F)cc1F)C(C)C)C(=O)O.O=C(O)C(F)(F)F. The summed E-state index contributed by atoms with van der Waals surface area (Å²) in [6.07, 6.45) is -5.08. The third-order valence-electron chi connectivity index (χ3n) is 3.06. The monoisotopic (exact) mass is 383 g/mol. The Morgan fingerprint density at radius 1 is 1.19 bits per heavy atom. The van der Waals surface area contributed by atoms with Crippen molar-refractivity contribution in [3.63, 3.8) is 0 Å². The zero-order chi connectivity index (χ0) is 20.7. The van der Waals surface area contributed by atoms with E-state index < -0.39 is 29.7 Å². The maximum absolute atomic E-state index is 13.6. The number of rotatable bonds is 6. The minimum Gasteiger partial charge on any atom is -0.478 e. The number of benzene rings is 1. The molecule has 1 aromatic carbocycles. The van der Waals surface area contributed by atoms with Crippen LogP contribution < -0.4 is 0 Å². The second-order valence-electron chi connectivity index (χ2n) is 5.45. The first-order chi connectivity index (χ1) is 11.8. The summed E-state index contributed by atoms with van der Waals surface area (Å²) >= 11 is 0. The van der Waals surface area contributed by atoms with Crippen LogP contribution in [0.5, 0.6) is 0 Å². The summed E-state index contributed by atoms with van der Waals surface area (Å²) in [7, 11) is 0. The van der Waals surface area contributed by atoms with Crippen LogP contribution in [0.3, 0.4) is 0 Å². The largest absolute Gasteiger partial charge is 0.490 e. The Labute approximate surface area is 146 Å². The molecule has 0 heterocycles. The molecule has 0 saturated heterocycles. The number of hydrogen-bond donors (Lipinski definition) is 2. The highest BCUT2D eigenvalue weighted by Gasteiger charge is 2.38. The zero-order valence-corrected chi connectivity index (χ0v) is 14.0. The standard InChI is InChI=1S/C14H17F2NO2.C2HF3O2/c1-9(2)17(7-10(3)14(18)19)8-11-4-5-12(15)6-13(11)16;3-2(4,5)1(6)7/h4-6,9H,3,7-8H2,1-2H3,(H,18,19);(H,6,7). The van der Waals surface area contributed by atoms with E-state index in [9.17, 15) is 26.7 Å². The lowest BCUT2D eigenvalue weighted by molar-refractivity contribution is -0.192. The van der Waals surface area contributed by atoms with Gasteiger partial charge in [0.1, 0.15) is 11.6 Å². The van der Waals surface area contributed by atoms with Gasteiger partial charge in [0.2, 0.25) is 0 Å². The van der Waals surface area contributed by atoms with E-state index in [2.05, 4.69) is 6.58 Å². The smallest absolute Gasteiger partial charge is 0.478 e. The van der Waals surface area contributed by atoms with E-state index in [1.54, 1.807) is 4.90 Å². The number of halogens is 5. The number of carboxylic acids is 2. The molecule has 26 heavy (non-hydrogen) atoms. The quantitative estimate of drug-likeness (QED) is 0.581. The van der Waals surface area contributed by atoms with Crippen molar-refractivity contribution in [2.24, 2.45) is 0 Å². The average molecular weight is 383 g/mol. The van der Waals surface area contributed by atoms with Crippen molar-refractivity contribution in [1.82, 2.24) is 4.90 Å². The van der Waals surface area contributed by atoms with Crippen LogP contribution in [0.15, 0.2) is 30.4 Å². The molecule has 0 aliphatic heterocycles. The second kappa shape index (κ2) is 9.85. The maximum atomic E-state index is 13.6. The van der Waals surface area contributed by atoms with Gasteiger partial charge in [-0.05, 0) is 19.9 Å². The summed E-state index contributed by atoms with van der Waals surface area (Å²) in [5.74, 6) is -5.10. The molecule has 10 heteroatoms. The van der Waals surface area contributed by atoms with Gasteiger partial charge in [-0.1, -0.05) is 12.6 Å². The number of alkyl halides is 3. The summed E-state index contributed by atoms with van der Waals surface area (Å²) in [5.41, 5.74) is 0.365. The van der Waals surface area contributed by atoms with Gasteiger partial charge in [-0.15, -0.1) is 0 Å². The van der Waals surface area contributed by atoms with E-state index in [4.69, 9.17) is 15.0 Å². The molecule has 0 bridgehead atoms. The summed E-state index contributed by atoms with van der Waals surface area (Å²) in [6.45, 7) is 7.54.